The SMILES string of the molecule is C=CCn1c(SCc2ccc(F)cc2)nnc1C(C)Oc1ccc(Cl)cc1C. The highest BCUT2D eigenvalue weighted by Gasteiger charge is 2.19. The smallest absolute Gasteiger partial charge is 0.191 e. The number of allylic oxidation sites excluding steroid dienone is 1. The number of benzene rings is 2. The molecule has 0 N–H and O–H groups in total. The Hall–Kier alpha value is -2.31. The highest BCUT2D eigenvalue weighted by Crippen LogP contribution is 2.29. The molecule has 0 saturated carbocycles. The molecule has 146 valence electrons. The summed E-state index contributed by atoms with van der Waals surface area (Å²) in [4.78, 5) is 0. The van der Waals surface area contributed by atoms with E-state index in [2.05, 4.69) is 16.8 Å². The van der Waals surface area contributed by atoms with Crippen LogP contribution in [0.5, 0.6) is 5.75 Å². The lowest BCUT2D eigenvalue weighted by atomic mass is 10.2. The summed E-state index contributed by atoms with van der Waals surface area (Å²) in [6.07, 6.45) is 1.50. The minimum atomic E-state index is -0.299. The first-order valence-electron chi connectivity index (χ1n) is 8.82. The van der Waals surface area contributed by atoms with Crippen molar-refractivity contribution in [3.05, 3.63) is 82.9 Å². The molecule has 0 aliphatic heterocycles. The number of thioether (sulfide) groups is 1. The molecule has 0 fully saturated rings. The van der Waals surface area contributed by atoms with E-state index in [0.717, 1.165) is 27.9 Å². The van der Waals surface area contributed by atoms with Crippen molar-refractivity contribution in [3.8, 4) is 5.75 Å². The lowest BCUT2D eigenvalue weighted by molar-refractivity contribution is 0.209. The Kier molecular flexibility index (Phi) is 6.75. The Balaban J connectivity index is 1.77. The fraction of sp³-hybridized carbons (Fsp3) is 0.238. The van der Waals surface area contributed by atoms with Gasteiger partial charge >= 0.3 is 0 Å². The summed E-state index contributed by atoms with van der Waals surface area (Å²) in [6, 6.07) is 12.0. The number of aryl methyl sites for hydroxylation is 1. The van der Waals surface area contributed by atoms with Crippen LogP contribution in [0.3, 0.4) is 0 Å². The molecule has 0 bridgehead atoms. The van der Waals surface area contributed by atoms with E-state index in [-0.39, 0.29) is 11.9 Å². The predicted octanol–water partition coefficient (Wildman–Crippen LogP) is 6.00. The second-order valence-electron chi connectivity index (χ2n) is 6.33. The third-order valence-corrected chi connectivity index (χ3v) is 5.42. The topological polar surface area (TPSA) is 39.9 Å². The van der Waals surface area contributed by atoms with Crippen molar-refractivity contribution in [1.82, 2.24) is 14.8 Å². The largest absolute Gasteiger partial charge is 0.482 e. The van der Waals surface area contributed by atoms with Crippen molar-refractivity contribution in [1.29, 1.82) is 0 Å². The van der Waals surface area contributed by atoms with Gasteiger partial charge in [0.25, 0.3) is 0 Å². The Morgan fingerprint density at radius 3 is 2.68 bits per heavy atom. The lowest BCUT2D eigenvalue weighted by Gasteiger charge is -2.17. The third kappa shape index (κ3) is 4.94. The van der Waals surface area contributed by atoms with E-state index < -0.39 is 0 Å². The van der Waals surface area contributed by atoms with E-state index >= 15 is 0 Å². The molecule has 3 rings (SSSR count). The molecule has 2 aromatic carbocycles. The molecule has 28 heavy (non-hydrogen) atoms. The van der Waals surface area contributed by atoms with E-state index in [0.29, 0.717) is 17.3 Å². The number of nitrogens with zero attached hydrogens (tertiary/aromatic N) is 3. The molecular weight excluding hydrogens is 397 g/mol. The summed E-state index contributed by atoms with van der Waals surface area (Å²) in [5.41, 5.74) is 1.97. The molecule has 1 heterocycles. The summed E-state index contributed by atoms with van der Waals surface area (Å²) in [6.45, 7) is 8.29. The van der Waals surface area contributed by atoms with Crippen LogP contribution in [0.2, 0.25) is 5.02 Å². The average molecular weight is 418 g/mol. The van der Waals surface area contributed by atoms with Gasteiger partial charge in [0.1, 0.15) is 11.6 Å². The molecule has 0 radical (unpaired) electrons. The quantitative estimate of drug-likeness (QED) is 0.333. The molecule has 0 aliphatic carbocycles. The van der Waals surface area contributed by atoms with Crippen molar-refractivity contribution in [2.45, 2.75) is 37.4 Å². The molecule has 7 heteroatoms. The number of aromatic nitrogens is 3. The van der Waals surface area contributed by atoms with Gasteiger partial charge in [-0.3, -0.25) is 4.57 Å². The summed E-state index contributed by atoms with van der Waals surface area (Å²) in [7, 11) is 0. The summed E-state index contributed by atoms with van der Waals surface area (Å²) in [5.74, 6) is 1.90. The molecule has 4 nitrogen and oxygen atoms in total. The van der Waals surface area contributed by atoms with Gasteiger partial charge < -0.3 is 4.74 Å². The van der Waals surface area contributed by atoms with Crippen LogP contribution in [0, 0.1) is 12.7 Å². The minimum Gasteiger partial charge on any atom is -0.482 e. The van der Waals surface area contributed by atoms with Crippen molar-refractivity contribution >= 4 is 23.4 Å². The standard InChI is InChI=1S/C21H21ClFN3OS/c1-4-11-26-20(15(3)27-19-10-7-17(22)12-14(19)2)24-25-21(26)28-13-16-5-8-18(23)9-6-16/h4-10,12,15H,1,11,13H2,2-3H3. The van der Waals surface area contributed by atoms with Gasteiger partial charge in [-0.2, -0.15) is 0 Å². The zero-order chi connectivity index (χ0) is 20.1. The maximum absolute atomic E-state index is 13.1. The van der Waals surface area contributed by atoms with Crippen LogP contribution in [-0.4, -0.2) is 14.8 Å². The number of rotatable bonds is 8. The highest BCUT2D eigenvalue weighted by atomic mass is 35.5. The van der Waals surface area contributed by atoms with Gasteiger partial charge in [-0.25, -0.2) is 4.39 Å². The number of hydrogen-bond acceptors (Lipinski definition) is 4. The maximum Gasteiger partial charge on any atom is 0.191 e. The average Bonchev–Trinajstić information content (AvgIpc) is 3.07. The van der Waals surface area contributed by atoms with Gasteiger partial charge in [-0.05, 0) is 55.3 Å². The molecular formula is C21H21ClFN3OS. The van der Waals surface area contributed by atoms with Crippen LogP contribution < -0.4 is 4.74 Å². The fourth-order valence-corrected chi connectivity index (χ4v) is 3.86. The Morgan fingerprint density at radius 2 is 2.00 bits per heavy atom. The van der Waals surface area contributed by atoms with Crippen molar-refractivity contribution < 1.29 is 9.13 Å². The van der Waals surface area contributed by atoms with E-state index in [1.807, 2.05) is 30.5 Å². The van der Waals surface area contributed by atoms with Gasteiger partial charge in [-0.15, -0.1) is 16.8 Å². The van der Waals surface area contributed by atoms with Crippen molar-refractivity contribution in [2.75, 3.05) is 0 Å². The Labute approximate surface area is 173 Å². The van der Waals surface area contributed by atoms with Gasteiger partial charge in [0.15, 0.2) is 17.1 Å². The summed E-state index contributed by atoms with van der Waals surface area (Å²) >= 11 is 7.56. The zero-order valence-corrected chi connectivity index (χ0v) is 17.3. The molecule has 0 saturated heterocycles. The zero-order valence-electron chi connectivity index (χ0n) is 15.7. The first-order chi connectivity index (χ1) is 13.5. The van der Waals surface area contributed by atoms with Gasteiger partial charge in [0, 0.05) is 17.3 Å². The van der Waals surface area contributed by atoms with Crippen LogP contribution in [0.1, 0.15) is 30.0 Å². The van der Waals surface area contributed by atoms with Crippen LogP contribution in [0.4, 0.5) is 4.39 Å². The third-order valence-electron chi connectivity index (χ3n) is 4.14. The van der Waals surface area contributed by atoms with Crippen LogP contribution >= 0.6 is 23.4 Å². The second-order valence-corrected chi connectivity index (χ2v) is 7.70. The summed E-state index contributed by atoms with van der Waals surface area (Å²) < 4.78 is 21.1. The van der Waals surface area contributed by atoms with E-state index in [9.17, 15) is 4.39 Å². The van der Waals surface area contributed by atoms with Crippen LogP contribution in [-0.2, 0) is 12.3 Å². The molecule has 3 aromatic rings. The van der Waals surface area contributed by atoms with Crippen LogP contribution in [0.25, 0.3) is 0 Å². The van der Waals surface area contributed by atoms with Gasteiger partial charge in [0.05, 0.1) is 0 Å². The molecule has 0 amide bonds. The number of hydrogen-bond donors (Lipinski definition) is 0. The predicted molar refractivity (Wildman–Crippen MR) is 111 cm³/mol. The monoisotopic (exact) mass is 417 g/mol. The second kappa shape index (κ2) is 9.26. The highest BCUT2D eigenvalue weighted by molar-refractivity contribution is 7.98. The maximum atomic E-state index is 13.1. The Bertz CT molecular complexity index is 959. The lowest BCUT2D eigenvalue weighted by Crippen LogP contribution is -2.12. The van der Waals surface area contributed by atoms with E-state index in [1.54, 1.807) is 36.0 Å². The molecule has 0 spiro atoms. The number of ether oxygens (including phenoxy) is 1. The molecule has 1 unspecified atom stereocenters. The minimum absolute atomic E-state index is 0.241. The van der Waals surface area contributed by atoms with Gasteiger partial charge in [-0.1, -0.05) is 41.6 Å². The fourth-order valence-electron chi connectivity index (χ4n) is 2.72. The number of halogens is 2. The van der Waals surface area contributed by atoms with Crippen molar-refractivity contribution in [2.24, 2.45) is 0 Å². The van der Waals surface area contributed by atoms with Gasteiger partial charge in [0.2, 0.25) is 0 Å². The van der Waals surface area contributed by atoms with E-state index in [4.69, 9.17) is 16.3 Å². The van der Waals surface area contributed by atoms with Crippen LogP contribution in [0.15, 0.2) is 60.3 Å². The molecule has 1 aromatic heterocycles. The normalized spacial score (nSPS) is 12.0. The Morgan fingerprint density at radius 1 is 1.25 bits per heavy atom. The first-order valence-corrected chi connectivity index (χ1v) is 10.2. The molecule has 1 atom stereocenters. The first kappa shape index (κ1) is 20.4. The van der Waals surface area contributed by atoms with E-state index in [1.165, 1.54) is 12.1 Å². The van der Waals surface area contributed by atoms with Crippen molar-refractivity contribution in [3.63, 3.8) is 0 Å². The summed E-state index contributed by atoms with van der Waals surface area (Å²) in [5, 5.41) is 10.1. The molecule has 0 aliphatic rings.